The van der Waals surface area contributed by atoms with Crippen molar-refractivity contribution in [2.75, 3.05) is 6.61 Å². The van der Waals surface area contributed by atoms with E-state index in [-0.39, 0.29) is 29.8 Å². The number of ether oxygens (including phenoxy) is 1. The summed E-state index contributed by atoms with van der Waals surface area (Å²) in [7, 11) is 0. The van der Waals surface area contributed by atoms with Crippen molar-refractivity contribution in [3.63, 3.8) is 0 Å². The van der Waals surface area contributed by atoms with E-state index in [1.165, 1.54) is 4.68 Å². The standard InChI is InChI=1S/C21H27N3O4/c1-3-12-24-20(26)17-7-5-4-6-16(17)19(23-24)21(27)28-13-18(25)22-15-10-8-14(2)9-11-15/h4-7,14-15H,3,8-13H2,1-2H3,(H,22,25). The fourth-order valence-electron chi connectivity index (χ4n) is 3.62. The van der Waals surface area contributed by atoms with E-state index in [2.05, 4.69) is 17.3 Å². The van der Waals surface area contributed by atoms with Crippen LogP contribution in [0.3, 0.4) is 0 Å². The number of carbonyl (C=O) groups excluding carboxylic acids is 2. The van der Waals surface area contributed by atoms with Gasteiger partial charge >= 0.3 is 5.97 Å². The number of aromatic nitrogens is 2. The predicted octanol–water partition coefficient (Wildman–Crippen LogP) is 2.66. The minimum Gasteiger partial charge on any atom is -0.451 e. The molecule has 150 valence electrons. The molecule has 1 N–H and O–H groups in total. The van der Waals surface area contributed by atoms with Crippen molar-refractivity contribution in [1.82, 2.24) is 15.1 Å². The van der Waals surface area contributed by atoms with Crippen molar-refractivity contribution in [3.8, 4) is 0 Å². The number of carbonyl (C=O) groups is 2. The molecule has 0 bridgehead atoms. The molecular weight excluding hydrogens is 358 g/mol. The Morgan fingerprint density at radius 2 is 1.86 bits per heavy atom. The smallest absolute Gasteiger partial charge is 0.359 e. The lowest BCUT2D eigenvalue weighted by Gasteiger charge is -2.26. The summed E-state index contributed by atoms with van der Waals surface area (Å²) in [5.74, 6) is -0.309. The van der Waals surface area contributed by atoms with Crippen LogP contribution >= 0.6 is 0 Å². The normalized spacial score (nSPS) is 19.4. The van der Waals surface area contributed by atoms with Gasteiger partial charge in [-0.05, 0) is 44.1 Å². The topological polar surface area (TPSA) is 90.3 Å². The Bertz CT molecular complexity index is 913. The van der Waals surface area contributed by atoms with Gasteiger partial charge < -0.3 is 10.1 Å². The maximum atomic E-state index is 12.6. The number of nitrogens with one attached hydrogen (secondary N) is 1. The van der Waals surface area contributed by atoms with Crippen molar-refractivity contribution in [2.24, 2.45) is 5.92 Å². The zero-order chi connectivity index (χ0) is 20.1. The highest BCUT2D eigenvalue weighted by Crippen LogP contribution is 2.23. The average molecular weight is 385 g/mol. The fraction of sp³-hybridized carbons (Fsp3) is 0.524. The molecule has 1 fully saturated rings. The number of fused-ring (bicyclic) bond motifs is 1. The molecule has 3 rings (SSSR count). The van der Waals surface area contributed by atoms with Crippen LogP contribution in [-0.4, -0.2) is 34.3 Å². The first-order valence-corrected chi connectivity index (χ1v) is 9.96. The third kappa shape index (κ3) is 4.58. The Hall–Kier alpha value is -2.70. The zero-order valence-electron chi connectivity index (χ0n) is 16.4. The summed E-state index contributed by atoms with van der Waals surface area (Å²) in [6.45, 7) is 4.20. The highest BCUT2D eigenvalue weighted by molar-refractivity contribution is 6.02. The van der Waals surface area contributed by atoms with Crippen LogP contribution in [0.15, 0.2) is 29.1 Å². The summed E-state index contributed by atoms with van der Waals surface area (Å²) >= 11 is 0. The van der Waals surface area contributed by atoms with Gasteiger partial charge in [-0.25, -0.2) is 9.48 Å². The SMILES string of the molecule is CCCn1nc(C(=O)OCC(=O)NC2CCC(C)CC2)c2ccccc2c1=O. The summed E-state index contributed by atoms with van der Waals surface area (Å²) in [6.07, 6.45) is 4.81. The number of benzene rings is 1. The van der Waals surface area contributed by atoms with Crippen molar-refractivity contribution in [3.05, 3.63) is 40.3 Å². The Balaban J connectivity index is 1.70. The molecule has 7 nitrogen and oxygen atoms in total. The van der Waals surface area contributed by atoms with Crippen LogP contribution in [0.25, 0.3) is 10.8 Å². The summed E-state index contributed by atoms with van der Waals surface area (Å²) in [6, 6.07) is 6.96. The van der Waals surface area contributed by atoms with Crippen molar-refractivity contribution in [1.29, 1.82) is 0 Å². The van der Waals surface area contributed by atoms with Crippen LogP contribution in [0.5, 0.6) is 0 Å². The number of hydrogen-bond acceptors (Lipinski definition) is 5. The second-order valence-corrected chi connectivity index (χ2v) is 7.52. The highest BCUT2D eigenvalue weighted by Gasteiger charge is 2.22. The molecule has 1 amide bonds. The molecule has 1 heterocycles. The van der Waals surface area contributed by atoms with Gasteiger partial charge in [0.15, 0.2) is 12.3 Å². The molecule has 2 aromatic rings. The lowest BCUT2D eigenvalue weighted by Crippen LogP contribution is -2.39. The Labute approximate surface area is 164 Å². The maximum absolute atomic E-state index is 12.6. The van der Waals surface area contributed by atoms with Crippen LogP contribution in [0.1, 0.15) is 56.4 Å². The molecule has 1 aliphatic carbocycles. The molecule has 1 aromatic carbocycles. The quantitative estimate of drug-likeness (QED) is 0.772. The van der Waals surface area contributed by atoms with Crippen molar-refractivity contribution < 1.29 is 14.3 Å². The first kappa shape index (κ1) is 20.0. The van der Waals surface area contributed by atoms with Crippen LogP contribution in [0.4, 0.5) is 0 Å². The van der Waals surface area contributed by atoms with Crippen LogP contribution in [0.2, 0.25) is 0 Å². The van der Waals surface area contributed by atoms with E-state index in [9.17, 15) is 14.4 Å². The second kappa shape index (κ2) is 8.99. The van der Waals surface area contributed by atoms with E-state index < -0.39 is 5.97 Å². The summed E-state index contributed by atoms with van der Waals surface area (Å²) in [5.41, 5.74) is -0.179. The Kier molecular flexibility index (Phi) is 6.44. The van der Waals surface area contributed by atoms with Gasteiger partial charge in [0, 0.05) is 18.0 Å². The van der Waals surface area contributed by atoms with E-state index in [4.69, 9.17) is 4.74 Å². The first-order valence-electron chi connectivity index (χ1n) is 9.96. The maximum Gasteiger partial charge on any atom is 0.359 e. The van der Waals surface area contributed by atoms with E-state index >= 15 is 0 Å². The van der Waals surface area contributed by atoms with Gasteiger partial charge in [0.05, 0.1) is 5.39 Å². The van der Waals surface area contributed by atoms with Crippen LogP contribution in [-0.2, 0) is 16.1 Å². The van der Waals surface area contributed by atoms with E-state index in [1.807, 2.05) is 6.92 Å². The van der Waals surface area contributed by atoms with Gasteiger partial charge in [-0.1, -0.05) is 32.0 Å². The molecule has 1 aromatic heterocycles. The average Bonchev–Trinajstić information content (AvgIpc) is 2.70. The minimum atomic E-state index is -0.700. The van der Waals surface area contributed by atoms with Gasteiger partial charge in [-0.3, -0.25) is 9.59 Å². The summed E-state index contributed by atoms with van der Waals surface area (Å²) in [4.78, 5) is 37.2. The van der Waals surface area contributed by atoms with Gasteiger partial charge in [0.1, 0.15) is 0 Å². The van der Waals surface area contributed by atoms with E-state index in [0.29, 0.717) is 29.7 Å². The van der Waals surface area contributed by atoms with Crippen LogP contribution < -0.4 is 10.9 Å². The number of rotatable bonds is 6. The fourth-order valence-corrected chi connectivity index (χ4v) is 3.62. The molecule has 1 aliphatic rings. The van der Waals surface area contributed by atoms with Crippen molar-refractivity contribution >= 4 is 22.6 Å². The summed E-state index contributed by atoms with van der Waals surface area (Å²) < 4.78 is 6.48. The third-order valence-corrected chi connectivity index (χ3v) is 5.21. The Morgan fingerprint density at radius 3 is 2.54 bits per heavy atom. The van der Waals surface area contributed by atoms with Crippen molar-refractivity contribution in [2.45, 2.75) is 58.5 Å². The van der Waals surface area contributed by atoms with Gasteiger partial charge in [-0.15, -0.1) is 0 Å². The lowest BCUT2D eigenvalue weighted by atomic mass is 9.87. The number of nitrogens with zero attached hydrogens (tertiary/aromatic N) is 2. The third-order valence-electron chi connectivity index (χ3n) is 5.21. The molecule has 0 aliphatic heterocycles. The monoisotopic (exact) mass is 385 g/mol. The zero-order valence-corrected chi connectivity index (χ0v) is 16.4. The molecule has 0 atom stereocenters. The minimum absolute atomic E-state index is 0.0583. The number of hydrogen-bond donors (Lipinski definition) is 1. The number of aryl methyl sites for hydroxylation is 1. The molecule has 7 heteroatoms. The van der Waals surface area contributed by atoms with Gasteiger partial charge in [0.2, 0.25) is 0 Å². The van der Waals surface area contributed by atoms with Gasteiger partial charge in [-0.2, -0.15) is 5.10 Å². The van der Waals surface area contributed by atoms with E-state index in [0.717, 1.165) is 25.7 Å². The largest absolute Gasteiger partial charge is 0.451 e. The van der Waals surface area contributed by atoms with Crippen LogP contribution in [0, 0.1) is 5.92 Å². The molecule has 1 saturated carbocycles. The molecule has 0 saturated heterocycles. The summed E-state index contributed by atoms with van der Waals surface area (Å²) in [5, 5.41) is 7.97. The molecule has 0 spiro atoms. The predicted molar refractivity (Wildman–Crippen MR) is 106 cm³/mol. The molecule has 28 heavy (non-hydrogen) atoms. The molecular formula is C21H27N3O4. The highest BCUT2D eigenvalue weighted by atomic mass is 16.5. The lowest BCUT2D eigenvalue weighted by molar-refractivity contribution is -0.125. The number of esters is 1. The second-order valence-electron chi connectivity index (χ2n) is 7.52. The Morgan fingerprint density at radius 1 is 1.18 bits per heavy atom. The first-order chi connectivity index (χ1) is 13.5. The molecule has 0 radical (unpaired) electrons. The number of amides is 1. The molecule has 0 unspecified atom stereocenters. The van der Waals surface area contributed by atoms with Gasteiger partial charge in [0.25, 0.3) is 11.5 Å². The van der Waals surface area contributed by atoms with E-state index in [1.54, 1.807) is 24.3 Å².